The fourth-order valence-electron chi connectivity index (χ4n) is 6.50. The predicted octanol–water partition coefficient (Wildman–Crippen LogP) is 9.79. The summed E-state index contributed by atoms with van der Waals surface area (Å²) in [6.45, 7) is 17.8. The normalized spacial score (nSPS) is 18.0. The molecule has 2 unspecified atom stereocenters. The molecule has 0 radical (unpaired) electrons. The van der Waals surface area contributed by atoms with Gasteiger partial charge in [-0.05, 0) is 50.9 Å². The van der Waals surface area contributed by atoms with E-state index in [2.05, 4.69) is 60.2 Å². The van der Waals surface area contributed by atoms with Crippen LogP contribution in [0.15, 0.2) is 23.0 Å². The highest BCUT2D eigenvalue weighted by atomic mass is 19.4. The highest BCUT2D eigenvalue weighted by Crippen LogP contribution is 2.37. The lowest BCUT2D eigenvalue weighted by molar-refractivity contribution is -0.137. The largest absolute Gasteiger partial charge is 0.421 e. The van der Waals surface area contributed by atoms with Crippen LogP contribution in [0.2, 0.25) is 0 Å². The monoisotopic (exact) mass is 682 g/mol. The number of amides is 1. The van der Waals surface area contributed by atoms with E-state index < -0.39 is 11.7 Å². The quantitative estimate of drug-likeness (QED) is 0.0809. The van der Waals surface area contributed by atoms with E-state index in [0.717, 1.165) is 69.1 Å². The molecule has 1 aromatic heterocycles. The van der Waals surface area contributed by atoms with Crippen molar-refractivity contribution in [2.45, 2.75) is 164 Å². The summed E-state index contributed by atoms with van der Waals surface area (Å²) in [6, 6.07) is 0.595. The zero-order chi connectivity index (χ0) is 36.1. The summed E-state index contributed by atoms with van der Waals surface area (Å²) in [5.74, 6) is 0.952. The molecule has 48 heavy (non-hydrogen) atoms. The van der Waals surface area contributed by atoms with Crippen LogP contribution >= 0.6 is 0 Å². The Morgan fingerprint density at radius 2 is 1.69 bits per heavy atom. The molecule has 1 aliphatic carbocycles. The molecule has 0 spiro atoms. The number of rotatable bonds is 18. The van der Waals surface area contributed by atoms with Crippen molar-refractivity contribution < 1.29 is 18.0 Å². The number of amidine groups is 1. The number of hydrogen-bond acceptors (Lipinski definition) is 6. The van der Waals surface area contributed by atoms with Gasteiger partial charge < -0.3 is 21.3 Å². The molecular weight excluding hydrogens is 615 g/mol. The van der Waals surface area contributed by atoms with Gasteiger partial charge in [-0.1, -0.05) is 100 Å². The van der Waals surface area contributed by atoms with Crippen molar-refractivity contribution in [2.24, 2.45) is 22.6 Å². The van der Waals surface area contributed by atoms with Gasteiger partial charge in [-0.15, -0.1) is 0 Å². The Morgan fingerprint density at radius 1 is 1.06 bits per heavy atom. The molecule has 1 saturated heterocycles. The summed E-state index contributed by atoms with van der Waals surface area (Å²) in [6.07, 6.45) is 12.7. The van der Waals surface area contributed by atoms with Crippen molar-refractivity contribution in [3.05, 3.63) is 23.5 Å². The SMILES string of the molecule is CC.CCCC(C)CCC.CCCC(CCC)N/C=C(CC)\C(N)=N\c1ncc(C(F)(F)F)c(NCCCN2C(=O)C3CCCC2C3)n1. The van der Waals surface area contributed by atoms with Crippen molar-refractivity contribution in [1.82, 2.24) is 20.2 Å². The minimum absolute atomic E-state index is 0.118. The third kappa shape index (κ3) is 14.7. The van der Waals surface area contributed by atoms with Gasteiger partial charge in [-0.3, -0.25) is 4.79 Å². The van der Waals surface area contributed by atoms with E-state index in [0.29, 0.717) is 25.4 Å². The summed E-state index contributed by atoms with van der Waals surface area (Å²) in [5, 5.41) is 6.20. The number of fused-ring (bicyclic) bond motifs is 2. The number of nitrogens with zero attached hydrogens (tertiary/aromatic N) is 4. The van der Waals surface area contributed by atoms with Gasteiger partial charge in [0.05, 0.1) is 0 Å². The lowest BCUT2D eigenvalue weighted by Crippen LogP contribution is -2.34. The van der Waals surface area contributed by atoms with Crippen LogP contribution < -0.4 is 16.4 Å². The number of nitrogens with two attached hydrogens (primary N) is 1. The lowest BCUT2D eigenvalue weighted by Gasteiger charge is -2.24. The van der Waals surface area contributed by atoms with Crippen LogP contribution in [0.25, 0.3) is 0 Å². The zero-order valence-electron chi connectivity index (χ0n) is 31.2. The third-order valence-electron chi connectivity index (χ3n) is 8.93. The molecule has 2 heterocycles. The zero-order valence-corrected chi connectivity index (χ0v) is 31.2. The molecule has 1 aromatic rings. The number of aliphatic imine (C=N–C) groups is 1. The molecule has 3 rings (SSSR count). The van der Waals surface area contributed by atoms with E-state index in [1.807, 2.05) is 31.9 Å². The molecule has 2 atom stereocenters. The Hall–Kier alpha value is -2.85. The second kappa shape index (κ2) is 23.5. The summed E-state index contributed by atoms with van der Waals surface area (Å²) in [4.78, 5) is 26.5. The van der Waals surface area contributed by atoms with Crippen LogP contribution in [-0.2, 0) is 11.0 Å². The van der Waals surface area contributed by atoms with Gasteiger partial charge in [0.15, 0.2) is 0 Å². The highest BCUT2D eigenvalue weighted by Gasteiger charge is 2.41. The van der Waals surface area contributed by atoms with Crippen molar-refractivity contribution in [3.8, 4) is 0 Å². The number of halogens is 3. The Balaban J connectivity index is 0.00000101. The van der Waals surface area contributed by atoms with E-state index in [4.69, 9.17) is 5.73 Å². The average molecular weight is 682 g/mol. The summed E-state index contributed by atoms with van der Waals surface area (Å²) >= 11 is 0. The van der Waals surface area contributed by atoms with E-state index in [-0.39, 0.29) is 42.0 Å². The second-order valence-corrected chi connectivity index (χ2v) is 12.9. The molecule has 276 valence electrons. The smallest absolute Gasteiger partial charge is 0.388 e. The Kier molecular flexibility index (Phi) is 21.1. The molecule has 8 nitrogen and oxygen atoms in total. The Bertz CT molecular complexity index is 1100. The molecular formula is C37H66F3N7O. The fourth-order valence-corrected chi connectivity index (χ4v) is 6.50. The third-order valence-corrected chi connectivity index (χ3v) is 8.93. The number of nitrogens with one attached hydrogen (secondary N) is 2. The number of carbonyl (C=O) groups excluding carboxylic acids is 1. The number of carbonyl (C=O) groups is 1. The molecule has 2 bridgehead atoms. The fraction of sp³-hybridized carbons (Fsp3) is 0.784. The Labute approximate surface area is 289 Å². The lowest BCUT2D eigenvalue weighted by atomic mass is 9.90. The Morgan fingerprint density at radius 3 is 2.23 bits per heavy atom. The number of aromatic nitrogens is 2. The van der Waals surface area contributed by atoms with Gasteiger partial charge in [0.25, 0.3) is 5.95 Å². The molecule has 2 fully saturated rings. The first-order valence-corrected chi connectivity index (χ1v) is 18.8. The minimum atomic E-state index is -4.62. The first-order valence-electron chi connectivity index (χ1n) is 18.8. The molecule has 2 aliphatic rings. The van der Waals surface area contributed by atoms with E-state index >= 15 is 0 Å². The maximum Gasteiger partial charge on any atom is 0.421 e. The number of anilines is 1. The van der Waals surface area contributed by atoms with Crippen molar-refractivity contribution >= 4 is 23.5 Å². The van der Waals surface area contributed by atoms with Gasteiger partial charge in [0.2, 0.25) is 5.91 Å². The van der Waals surface area contributed by atoms with Crippen LogP contribution in [0, 0.1) is 11.8 Å². The van der Waals surface area contributed by atoms with Gasteiger partial charge >= 0.3 is 6.18 Å². The first kappa shape index (κ1) is 43.2. The van der Waals surface area contributed by atoms with Crippen LogP contribution in [0.5, 0.6) is 0 Å². The average Bonchev–Trinajstić information content (AvgIpc) is 3.26. The minimum Gasteiger partial charge on any atom is -0.388 e. The van der Waals surface area contributed by atoms with Crippen LogP contribution in [-0.4, -0.2) is 51.8 Å². The summed E-state index contributed by atoms with van der Waals surface area (Å²) in [7, 11) is 0. The van der Waals surface area contributed by atoms with E-state index in [1.54, 1.807) is 0 Å². The summed E-state index contributed by atoms with van der Waals surface area (Å²) < 4.78 is 40.9. The topological polar surface area (TPSA) is 109 Å². The molecule has 11 heteroatoms. The van der Waals surface area contributed by atoms with Crippen LogP contribution in [0.4, 0.5) is 24.9 Å². The first-order chi connectivity index (χ1) is 23.0. The molecule has 1 aliphatic heterocycles. The van der Waals surface area contributed by atoms with E-state index in [1.165, 1.54) is 25.7 Å². The van der Waals surface area contributed by atoms with Gasteiger partial charge in [0.1, 0.15) is 17.2 Å². The van der Waals surface area contributed by atoms with Gasteiger partial charge in [-0.2, -0.15) is 23.1 Å². The highest BCUT2D eigenvalue weighted by molar-refractivity contribution is 5.98. The van der Waals surface area contributed by atoms with Crippen molar-refractivity contribution in [1.29, 1.82) is 0 Å². The van der Waals surface area contributed by atoms with Gasteiger partial charge in [-0.25, -0.2) is 4.98 Å². The standard InChI is InChI=1S/C27H42F3N7O.C8H18.C2H6/c1-4-9-20(10-5-2)33-16-18(6-3)23(31)35-26-34-17-22(27(28,29)30)24(36-26)32-13-8-14-37-21-12-7-11-19(15-21)25(37)38;1-4-6-8(3)7-5-2;1-2/h16-17,19-21,33H,4-15H2,1-3H3,(H3,31,32,34,35,36);8H,4-7H2,1-3H3;1-2H3/b18-16-;;. The van der Waals surface area contributed by atoms with Gasteiger partial charge in [0, 0.05) is 49.1 Å². The van der Waals surface area contributed by atoms with E-state index in [9.17, 15) is 18.0 Å². The molecule has 4 N–H and O–H groups in total. The van der Waals surface area contributed by atoms with Crippen LogP contribution in [0.3, 0.4) is 0 Å². The maximum atomic E-state index is 13.6. The molecule has 1 saturated carbocycles. The number of alkyl halides is 3. The second-order valence-electron chi connectivity index (χ2n) is 12.9. The molecule has 1 amide bonds. The number of likely N-dealkylation sites (tertiary alicyclic amines) is 1. The van der Waals surface area contributed by atoms with Crippen molar-refractivity contribution in [3.63, 3.8) is 0 Å². The summed E-state index contributed by atoms with van der Waals surface area (Å²) in [5.41, 5.74) is 5.97. The predicted molar refractivity (Wildman–Crippen MR) is 194 cm³/mol. The molecule has 0 aromatic carbocycles. The van der Waals surface area contributed by atoms with Crippen LogP contribution in [0.1, 0.15) is 151 Å². The maximum absolute atomic E-state index is 13.6. The van der Waals surface area contributed by atoms with Crippen molar-refractivity contribution in [2.75, 3.05) is 18.4 Å². The number of hydrogen-bond donors (Lipinski definition) is 3.